The molecular formula is C6H12N4. The predicted molar refractivity (Wildman–Crippen MR) is 44.2 cm³/mol. The van der Waals surface area contributed by atoms with Crippen molar-refractivity contribution in [1.29, 1.82) is 0 Å². The Bertz CT molecular complexity index is 137. The van der Waals surface area contributed by atoms with Crippen molar-refractivity contribution in [2.75, 3.05) is 13.1 Å². The molecular weight excluding hydrogens is 128 g/mol. The largest absolute Gasteiger partial charge is 0.403 e. The quantitative estimate of drug-likeness (QED) is 0.517. The highest BCUT2D eigenvalue weighted by Gasteiger charge is 1.68. The number of nitrogens with zero attached hydrogens (tertiary/aromatic N) is 2. The van der Waals surface area contributed by atoms with Crippen LogP contribution < -0.4 is 11.5 Å². The molecule has 0 atom stereocenters. The summed E-state index contributed by atoms with van der Waals surface area (Å²) in [5.41, 5.74) is 10.2. The molecule has 0 aromatic heterocycles. The Balaban J connectivity index is 3.32. The summed E-state index contributed by atoms with van der Waals surface area (Å²) < 4.78 is 0. The van der Waals surface area contributed by atoms with Gasteiger partial charge < -0.3 is 11.5 Å². The minimum atomic E-state index is 0.567. The summed E-state index contributed by atoms with van der Waals surface area (Å²) in [7, 11) is 0. The SMILES string of the molecule is N/C=C\N=CC=NCCN. The molecule has 0 fully saturated rings. The third kappa shape index (κ3) is 6.84. The van der Waals surface area contributed by atoms with E-state index in [4.69, 9.17) is 11.5 Å². The minimum absolute atomic E-state index is 0.567. The van der Waals surface area contributed by atoms with Crippen molar-refractivity contribution in [3.63, 3.8) is 0 Å². The number of nitrogens with two attached hydrogens (primary N) is 2. The van der Waals surface area contributed by atoms with E-state index in [9.17, 15) is 0 Å². The fraction of sp³-hybridized carbons (Fsp3) is 0.333. The highest BCUT2D eigenvalue weighted by atomic mass is 14.8. The molecule has 0 aliphatic carbocycles. The van der Waals surface area contributed by atoms with Crippen LogP contribution in [0, 0.1) is 0 Å². The van der Waals surface area contributed by atoms with Crippen LogP contribution in [0.3, 0.4) is 0 Å². The number of hydrogen-bond acceptors (Lipinski definition) is 4. The second-order valence-corrected chi connectivity index (χ2v) is 1.48. The summed E-state index contributed by atoms with van der Waals surface area (Å²) in [6.07, 6.45) is 5.98. The summed E-state index contributed by atoms with van der Waals surface area (Å²) in [6, 6.07) is 0. The van der Waals surface area contributed by atoms with Crippen molar-refractivity contribution in [2.45, 2.75) is 0 Å². The van der Waals surface area contributed by atoms with Gasteiger partial charge in [0, 0.05) is 31.4 Å². The van der Waals surface area contributed by atoms with Crippen LogP contribution in [0.15, 0.2) is 22.4 Å². The molecule has 0 aliphatic rings. The lowest BCUT2D eigenvalue weighted by Crippen LogP contribution is -2.02. The number of rotatable bonds is 4. The molecule has 10 heavy (non-hydrogen) atoms. The van der Waals surface area contributed by atoms with Crippen LogP contribution >= 0.6 is 0 Å². The maximum atomic E-state index is 5.18. The Morgan fingerprint density at radius 3 is 2.70 bits per heavy atom. The van der Waals surface area contributed by atoms with Crippen molar-refractivity contribution in [2.24, 2.45) is 21.5 Å². The highest BCUT2D eigenvalue weighted by Crippen LogP contribution is 1.65. The van der Waals surface area contributed by atoms with Gasteiger partial charge in [-0.3, -0.25) is 9.98 Å². The van der Waals surface area contributed by atoms with Crippen LogP contribution in [0.25, 0.3) is 0 Å². The van der Waals surface area contributed by atoms with Crippen LogP contribution in [0.4, 0.5) is 0 Å². The van der Waals surface area contributed by atoms with Crippen LogP contribution in [0.5, 0.6) is 0 Å². The number of hydrogen-bond donors (Lipinski definition) is 2. The minimum Gasteiger partial charge on any atom is -0.403 e. The Morgan fingerprint density at radius 1 is 1.30 bits per heavy atom. The monoisotopic (exact) mass is 140 g/mol. The molecule has 0 unspecified atom stereocenters. The van der Waals surface area contributed by atoms with Crippen molar-refractivity contribution in [3.8, 4) is 0 Å². The van der Waals surface area contributed by atoms with E-state index in [0.29, 0.717) is 13.1 Å². The molecule has 0 bridgehead atoms. The van der Waals surface area contributed by atoms with E-state index in [2.05, 4.69) is 9.98 Å². The molecule has 0 aliphatic heterocycles. The first-order valence-corrected chi connectivity index (χ1v) is 3.00. The van der Waals surface area contributed by atoms with E-state index in [1.165, 1.54) is 12.4 Å². The first kappa shape index (κ1) is 8.84. The van der Waals surface area contributed by atoms with Gasteiger partial charge in [-0.25, -0.2) is 0 Å². The molecule has 0 saturated heterocycles. The second kappa shape index (κ2) is 7.84. The van der Waals surface area contributed by atoms with Gasteiger partial charge in [-0.15, -0.1) is 0 Å². The van der Waals surface area contributed by atoms with Gasteiger partial charge in [0.1, 0.15) is 0 Å². The van der Waals surface area contributed by atoms with Crippen LogP contribution in [0.1, 0.15) is 0 Å². The molecule has 4 nitrogen and oxygen atoms in total. The van der Waals surface area contributed by atoms with E-state index in [1.807, 2.05) is 0 Å². The van der Waals surface area contributed by atoms with E-state index >= 15 is 0 Å². The summed E-state index contributed by atoms with van der Waals surface area (Å²) in [5.74, 6) is 0. The van der Waals surface area contributed by atoms with Gasteiger partial charge in [-0.1, -0.05) is 0 Å². The zero-order valence-corrected chi connectivity index (χ0v) is 5.77. The van der Waals surface area contributed by atoms with Gasteiger partial charge in [0.25, 0.3) is 0 Å². The molecule has 0 rings (SSSR count). The first-order valence-electron chi connectivity index (χ1n) is 3.00. The van der Waals surface area contributed by atoms with Crippen molar-refractivity contribution < 1.29 is 0 Å². The van der Waals surface area contributed by atoms with Crippen molar-refractivity contribution in [3.05, 3.63) is 12.4 Å². The lowest BCUT2D eigenvalue weighted by molar-refractivity contribution is 0.982. The third-order valence-corrected chi connectivity index (χ3v) is 0.688. The molecule has 0 heterocycles. The second-order valence-electron chi connectivity index (χ2n) is 1.48. The zero-order chi connectivity index (χ0) is 7.66. The van der Waals surface area contributed by atoms with E-state index < -0.39 is 0 Å². The summed E-state index contributed by atoms with van der Waals surface area (Å²) in [5, 5.41) is 0. The van der Waals surface area contributed by atoms with E-state index in [1.54, 1.807) is 12.4 Å². The average molecular weight is 140 g/mol. The van der Waals surface area contributed by atoms with Gasteiger partial charge in [-0.2, -0.15) is 0 Å². The van der Waals surface area contributed by atoms with Gasteiger partial charge in [0.05, 0.1) is 6.54 Å². The molecule has 0 aromatic rings. The summed E-state index contributed by atoms with van der Waals surface area (Å²) >= 11 is 0. The van der Waals surface area contributed by atoms with E-state index in [-0.39, 0.29) is 0 Å². The molecule has 0 amide bonds. The lowest BCUT2D eigenvalue weighted by Gasteiger charge is -1.80. The van der Waals surface area contributed by atoms with Crippen LogP contribution in [-0.4, -0.2) is 25.5 Å². The predicted octanol–water partition coefficient (Wildman–Crippen LogP) is -0.483. The van der Waals surface area contributed by atoms with Gasteiger partial charge in [0.2, 0.25) is 0 Å². The number of aliphatic imine (C=N–C) groups is 2. The molecule has 4 heteroatoms. The average Bonchev–Trinajstić information content (AvgIpc) is 1.97. The van der Waals surface area contributed by atoms with Crippen molar-refractivity contribution in [1.82, 2.24) is 0 Å². The van der Waals surface area contributed by atoms with E-state index in [0.717, 1.165) is 0 Å². The van der Waals surface area contributed by atoms with Gasteiger partial charge in [-0.05, 0) is 0 Å². The Kier molecular flexibility index (Phi) is 6.93. The smallest absolute Gasteiger partial charge is 0.0512 e. The summed E-state index contributed by atoms with van der Waals surface area (Å²) in [4.78, 5) is 7.63. The molecule has 0 radical (unpaired) electrons. The molecule has 0 saturated carbocycles. The van der Waals surface area contributed by atoms with Gasteiger partial charge in [0.15, 0.2) is 0 Å². The fourth-order valence-corrected chi connectivity index (χ4v) is 0.334. The topological polar surface area (TPSA) is 76.8 Å². The van der Waals surface area contributed by atoms with Crippen LogP contribution in [0.2, 0.25) is 0 Å². The molecule has 0 spiro atoms. The first-order chi connectivity index (χ1) is 4.91. The maximum Gasteiger partial charge on any atom is 0.0512 e. The molecule has 0 aromatic carbocycles. The normalized spacial score (nSPS) is 12.5. The summed E-state index contributed by atoms with van der Waals surface area (Å²) in [6.45, 7) is 1.20. The maximum absolute atomic E-state index is 5.18. The van der Waals surface area contributed by atoms with Crippen molar-refractivity contribution >= 4 is 12.4 Å². The molecule has 4 N–H and O–H groups in total. The van der Waals surface area contributed by atoms with Crippen LogP contribution in [-0.2, 0) is 0 Å². The highest BCUT2D eigenvalue weighted by molar-refractivity contribution is 6.16. The third-order valence-electron chi connectivity index (χ3n) is 0.688. The molecule has 56 valence electrons. The lowest BCUT2D eigenvalue weighted by atomic mass is 10.6. The Labute approximate surface area is 60.3 Å². The zero-order valence-electron chi connectivity index (χ0n) is 5.77. The Morgan fingerprint density at radius 2 is 2.10 bits per heavy atom. The Hall–Kier alpha value is -1.16. The standard InChI is InChI=1S/C6H12N4/c7-1-3-9-5-6-10-4-2-8/h1,3,5-6H,2,4,7-8H2/b3-1-,9-5?,10-6?. The fourth-order valence-electron chi connectivity index (χ4n) is 0.334. The van der Waals surface area contributed by atoms with Gasteiger partial charge >= 0.3 is 0 Å².